The van der Waals surface area contributed by atoms with Crippen molar-refractivity contribution in [1.29, 1.82) is 0 Å². The third-order valence-corrected chi connectivity index (χ3v) is 11.7. The molecular weight excluding hydrogens is 354 g/mol. The monoisotopic (exact) mass is 385 g/mol. The maximum atomic E-state index is 4.66. The molecule has 2 rings (SSSR count). The Kier molecular flexibility index (Phi) is 7.86. The lowest BCUT2D eigenvalue weighted by Gasteiger charge is -2.37. The van der Waals surface area contributed by atoms with Crippen molar-refractivity contribution in [3.05, 3.63) is 71.8 Å². The van der Waals surface area contributed by atoms with Crippen LogP contribution in [-0.4, -0.2) is 13.8 Å². The molecule has 0 bridgehead atoms. The van der Waals surface area contributed by atoms with Crippen LogP contribution in [0.25, 0.3) is 0 Å². The normalized spacial score (nSPS) is 11.8. The van der Waals surface area contributed by atoms with E-state index in [1.54, 1.807) is 0 Å². The largest absolute Gasteiger partial charge is 0.189 e. The van der Waals surface area contributed by atoms with Crippen molar-refractivity contribution in [2.45, 2.75) is 58.2 Å². The molecule has 0 saturated heterocycles. The molecule has 0 aromatic heterocycles. The quantitative estimate of drug-likeness (QED) is 0.315. The smallest absolute Gasteiger partial charge is 0.148 e. The van der Waals surface area contributed by atoms with Gasteiger partial charge >= 0.3 is 0 Å². The number of aliphatic imine (C=N–C) groups is 1. The van der Waals surface area contributed by atoms with Gasteiger partial charge in [-0.1, -0.05) is 96.0 Å². The van der Waals surface area contributed by atoms with E-state index in [0.29, 0.717) is 16.6 Å². The Morgan fingerprint density at radius 1 is 0.750 bits per heavy atom. The second-order valence-corrected chi connectivity index (χ2v) is 13.7. The summed E-state index contributed by atoms with van der Waals surface area (Å²) in [5.41, 5.74) is 8.15. The first-order chi connectivity index (χ1) is 13.4. The Hall–Kier alpha value is -2.55. The van der Waals surface area contributed by atoms with Gasteiger partial charge in [-0.3, -0.25) is 0 Å². The minimum absolute atomic E-state index is 0.589. The van der Waals surface area contributed by atoms with E-state index >= 15 is 0 Å². The lowest BCUT2D eigenvalue weighted by Crippen LogP contribution is -2.43. The van der Waals surface area contributed by atoms with Crippen LogP contribution in [0, 0.1) is 23.4 Å². The standard InChI is InChI=1S/C26H31NSi/c1-21(2)28(22(3)4,23(5)6)20-19-27-26(25-15-11-8-12-16-25)18-17-24-13-9-7-10-14-24/h7-16,21-23H,1-6H3. The lowest BCUT2D eigenvalue weighted by molar-refractivity contribution is 0.838. The van der Waals surface area contributed by atoms with E-state index in [1.807, 2.05) is 60.7 Å². The second kappa shape index (κ2) is 10.1. The second-order valence-electron chi connectivity index (χ2n) is 8.08. The lowest BCUT2D eigenvalue weighted by atomic mass is 10.1. The van der Waals surface area contributed by atoms with E-state index in [0.717, 1.165) is 16.8 Å². The van der Waals surface area contributed by atoms with Crippen molar-refractivity contribution in [2.75, 3.05) is 0 Å². The van der Waals surface area contributed by atoms with Crippen molar-refractivity contribution < 1.29 is 0 Å². The van der Waals surface area contributed by atoms with Gasteiger partial charge in [0, 0.05) is 17.2 Å². The zero-order valence-corrected chi connectivity index (χ0v) is 19.0. The summed E-state index contributed by atoms with van der Waals surface area (Å²) >= 11 is 0. The van der Waals surface area contributed by atoms with Crippen LogP contribution < -0.4 is 0 Å². The van der Waals surface area contributed by atoms with Crippen LogP contribution in [0.1, 0.15) is 52.7 Å². The van der Waals surface area contributed by atoms with Crippen molar-refractivity contribution >= 4 is 13.8 Å². The molecule has 0 aliphatic carbocycles. The van der Waals surface area contributed by atoms with E-state index in [1.165, 1.54) is 0 Å². The Bertz CT molecular complexity index is 879. The molecule has 2 aromatic carbocycles. The molecule has 1 nitrogen and oxygen atoms in total. The summed E-state index contributed by atoms with van der Waals surface area (Å²) in [6, 6.07) is 23.3. The molecule has 144 valence electrons. The summed E-state index contributed by atoms with van der Waals surface area (Å²) in [6.45, 7) is 13.9. The van der Waals surface area contributed by atoms with Crippen molar-refractivity contribution in [2.24, 2.45) is 4.99 Å². The number of benzene rings is 2. The molecule has 0 aliphatic rings. The summed E-state index contributed by atoms with van der Waals surface area (Å²) in [4.78, 5) is 4.66. The van der Waals surface area contributed by atoms with E-state index in [-0.39, 0.29) is 0 Å². The number of rotatable bonds is 4. The molecule has 2 heteroatoms. The number of hydrogen-bond donors (Lipinski definition) is 0. The molecule has 0 N–H and O–H groups in total. The summed E-state index contributed by atoms with van der Waals surface area (Å²) in [5, 5.41) is 0. The predicted octanol–water partition coefficient (Wildman–Crippen LogP) is 6.71. The molecule has 0 spiro atoms. The highest BCUT2D eigenvalue weighted by atomic mass is 28.3. The van der Waals surface area contributed by atoms with Gasteiger partial charge in [0.1, 0.15) is 13.8 Å². The first kappa shape index (κ1) is 21.7. The van der Waals surface area contributed by atoms with Gasteiger partial charge in [0.15, 0.2) is 0 Å². The molecule has 0 radical (unpaired) electrons. The van der Waals surface area contributed by atoms with Crippen LogP contribution in [0.4, 0.5) is 0 Å². The topological polar surface area (TPSA) is 12.4 Å². The van der Waals surface area contributed by atoms with E-state index in [2.05, 4.69) is 70.0 Å². The third kappa shape index (κ3) is 5.25. The minimum Gasteiger partial charge on any atom is -0.189 e. The van der Waals surface area contributed by atoms with Crippen molar-refractivity contribution in [1.82, 2.24) is 0 Å². The molecule has 0 aliphatic heterocycles. The summed E-state index contributed by atoms with van der Waals surface area (Å²) in [7, 11) is -1.80. The van der Waals surface area contributed by atoms with Gasteiger partial charge in [-0.2, -0.15) is 4.99 Å². The minimum atomic E-state index is -1.80. The molecule has 0 heterocycles. The first-order valence-electron chi connectivity index (χ1n) is 10.1. The highest BCUT2D eigenvalue weighted by molar-refractivity contribution is 6.90. The zero-order valence-electron chi connectivity index (χ0n) is 18.0. The fourth-order valence-electron chi connectivity index (χ4n) is 4.03. The average molecular weight is 386 g/mol. The van der Waals surface area contributed by atoms with Crippen LogP contribution in [0.2, 0.25) is 16.6 Å². The Labute approximate surface area is 172 Å². The first-order valence-corrected chi connectivity index (χ1v) is 12.3. The number of hydrogen-bond acceptors (Lipinski definition) is 1. The van der Waals surface area contributed by atoms with Gasteiger partial charge < -0.3 is 0 Å². The Morgan fingerprint density at radius 2 is 1.25 bits per heavy atom. The molecule has 2 aromatic rings. The van der Waals surface area contributed by atoms with Gasteiger partial charge in [-0.15, -0.1) is 5.54 Å². The summed E-state index contributed by atoms with van der Waals surface area (Å²) in [5.74, 6) is 6.46. The van der Waals surface area contributed by atoms with Gasteiger partial charge in [-0.05, 0) is 34.7 Å². The van der Waals surface area contributed by atoms with E-state index in [9.17, 15) is 0 Å². The van der Waals surface area contributed by atoms with Crippen LogP contribution in [-0.2, 0) is 0 Å². The molecular formula is C26H31NSi. The summed E-state index contributed by atoms with van der Waals surface area (Å²) < 4.78 is 0. The Morgan fingerprint density at radius 3 is 1.75 bits per heavy atom. The molecule has 0 fully saturated rings. The van der Waals surface area contributed by atoms with Crippen LogP contribution in [0.3, 0.4) is 0 Å². The fourth-order valence-corrected chi connectivity index (χ4v) is 9.14. The maximum Gasteiger partial charge on any atom is 0.148 e. The third-order valence-electron chi connectivity index (χ3n) is 5.45. The highest BCUT2D eigenvalue weighted by Gasteiger charge is 2.41. The fraction of sp³-hybridized carbons (Fsp3) is 0.346. The highest BCUT2D eigenvalue weighted by Crippen LogP contribution is 2.40. The van der Waals surface area contributed by atoms with Gasteiger partial charge in [0.2, 0.25) is 0 Å². The summed E-state index contributed by atoms with van der Waals surface area (Å²) in [6.07, 6.45) is 0. The average Bonchev–Trinajstić information content (AvgIpc) is 2.68. The molecule has 0 atom stereocenters. The van der Waals surface area contributed by atoms with Crippen molar-refractivity contribution in [3.8, 4) is 23.4 Å². The predicted molar refractivity (Wildman–Crippen MR) is 125 cm³/mol. The molecule has 28 heavy (non-hydrogen) atoms. The van der Waals surface area contributed by atoms with Crippen LogP contribution >= 0.6 is 0 Å². The van der Waals surface area contributed by atoms with E-state index in [4.69, 9.17) is 0 Å². The molecule has 0 amide bonds. The van der Waals surface area contributed by atoms with Crippen LogP contribution in [0.15, 0.2) is 65.7 Å². The van der Waals surface area contributed by atoms with Gasteiger partial charge in [0.25, 0.3) is 0 Å². The van der Waals surface area contributed by atoms with E-state index < -0.39 is 8.07 Å². The number of nitrogens with zero attached hydrogens (tertiary/aromatic N) is 1. The zero-order chi connectivity index (χ0) is 20.6. The molecule has 0 unspecified atom stereocenters. The Balaban J connectivity index is 2.49. The molecule has 0 saturated carbocycles. The van der Waals surface area contributed by atoms with Crippen LogP contribution in [0.5, 0.6) is 0 Å². The SMILES string of the molecule is CC(C)[Si](C#CN=C(C#Cc1ccccc1)c1ccccc1)(C(C)C)C(C)C. The van der Waals surface area contributed by atoms with Gasteiger partial charge in [-0.25, -0.2) is 0 Å². The van der Waals surface area contributed by atoms with Gasteiger partial charge in [0.05, 0.1) is 0 Å². The van der Waals surface area contributed by atoms with Crippen molar-refractivity contribution in [3.63, 3.8) is 0 Å². The maximum absolute atomic E-state index is 4.66.